The van der Waals surface area contributed by atoms with E-state index in [0.29, 0.717) is 6.04 Å². The summed E-state index contributed by atoms with van der Waals surface area (Å²) in [5.41, 5.74) is 4.25. The summed E-state index contributed by atoms with van der Waals surface area (Å²) < 4.78 is 0. The molecule has 0 radical (unpaired) electrons. The summed E-state index contributed by atoms with van der Waals surface area (Å²) in [6, 6.07) is 8.16. The molecule has 98 valence electrons. The maximum atomic E-state index is 3.87. The van der Waals surface area contributed by atoms with Crippen LogP contribution in [0.25, 0.3) is 0 Å². The minimum atomic E-state index is 0.494. The molecule has 2 aliphatic carbocycles. The Kier molecular flexibility index (Phi) is 3.19. The standard InChI is InChI=1S/C17H25N/c1-11-4-6-15(8-12(11)2)13(3)18-17-10-14-5-7-16(17)9-14/h4,6,8,13-14,16-18H,5,7,9-10H2,1-3H3. The van der Waals surface area contributed by atoms with Gasteiger partial charge in [0, 0.05) is 12.1 Å². The van der Waals surface area contributed by atoms with Crippen LogP contribution in [0.5, 0.6) is 0 Å². The van der Waals surface area contributed by atoms with E-state index < -0.39 is 0 Å². The highest BCUT2D eigenvalue weighted by Crippen LogP contribution is 2.45. The van der Waals surface area contributed by atoms with Gasteiger partial charge in [-0.2, -0.15) is 0 Å². The molecule has 2 bridgehead atoms. The predicted octanol–water partition coefficient (Wildman–Crippen LogP) is 4.14. The maximum absolute atomic E-state index is 3.87. The van der Waals surface area contributed by atoms with Crippen LogP contribution in [0, 0.1) is 25.7 Å². The second kappa shape index (κ2) is 4.70. The van der Waals surface area contributed by atoms with Crippen molar-refractivity contribution in [2.24, 2.45) is 11.8 Å². The van der Waals surface area contributed by atoms with Crippen molar-refractivity contribution in [3.63, 3.8) is 0 Å². The zero-order chi connectivity index (χ0) is 12.7. The van der Waals surface area contributed by atoms with Gasteiger partial charge in [-0.3, -0.25) is 0 Å². The lowest BCUT2D eigenvalue weighted by Gasteiger charge is -2.27. The monoisotopic (exact) mass is 243 g/mol. The van der Waals surface area contributed by atoms with Crippen LogP contribution < -0.4 is 5.32 Å². The first kappa shape index (κ1) is 12.2. The van der Waals surface area contributed by atoms with E-state index in [4.69, 9.17) is 0 Å². The smallest absolute Gasteiger partial charge is 0.0294 e. The molecule has 2 aliphatic rings. The van der Waals surface area contributed by atoms with Crippen LogP contribution in [-0.2, 0) is 0 Å². The molecule has 4 unspecified atom stereocenters. The molecule has 0 aliphatic heterocycles. The lowest BCUT2D eigenvalue weighted by atomic mass is 9.93. The van der Waals surface area contributed by atoms with Crippen molar-refractivity contribution >= 4 is 0 Å². The summed E-state index contributed by atoms with van der Waals surface area (Å²) in [5.74, 6) is 1.99. The van der Waals surface area contributed by atoms with Crippen molar-refractivity contribution in [2.45, 2.75) is 58.5 Å². The highest BCUT2D eigenvalue weighted by molar-refractivity contribution is 5.31. The van der Waals surface area contributed by atoms with Crippen molar-refractivity contribution in [1.82, 2.24) is 5.32 Å². The number of hydrogen-bond acceptors (Lipinski definition) is 1. The fraction of sp³-hybridized carbons (Fsp3) is 0.647. The Hall–Kier alpha value is -0.820. The van der Waals surface area contributed by atoms with Gasteiger partial charge >= 0.3 is 0 Å². The summed E-state index contributed by atoms with van der Waals surface area (Å²) in [6.45, 7) is 6.71. The summed E-state index contributed by atoms with van der Waals surface area (Å²) in [4.78, 5) is 0. The minimum absolute atomic E-state index is 0.494. The Bertz CT molecular complexity index is 437. The second-order valence-electron chi connectivity index (χ2n) is 6.51. The Morgan fingerprint density at radius 1 is 1.11 bits per heavy atom. The number of nitrogens with one attached hydrogen (secondary N) is 1. The van der Waals surface area contributed by atoms with Gasteiger partial charge < -0.3 is 5.32 Å². The first-order valence-electron chi connectivity index (χ1n) is 7.46. The molecule has 1 aromatic rings. The third-order valence-corrected chi connectivity index (χ3v) is 5.23. The van der Waals surface area contributed by atoms with Crippen molar-refractivity contribution < 1.29 is 0 Å². The molecule has 18 heavy (non-hydrogen) atoms. The van der Waals surface area contributed by atoms with Crippen molar-refractivity contribution in [3.05, 3.63) is 34.9 Å². The fourth-order valence-corrected chi connectivity index (χ4v) is 3.90. The van der Waals surface area contributed by atoms with Gasteiger partial charge in [0.2, 0.25) is 0 Å². The van der Waals surface area contributed by atoms with E-state index in [1.165, 1.54) is 42.4 Å². The Morgan fingerprint density at radius 3 is 2.56 bits per heavy atom. The molecule has 1 heteroatoms. The molecule has 4 atom stereocenters. The second-order valence-corrected chi connectivity index (χ2v) is 6.51. The maximum Gasteiger partial charge on any atom is 0.0294 e. The van der Waals surface area contributed by atoms with Crippen LogP contribution in [0.1, 0.15) is 55.3 Å². The molecule has 1 aromatic carbocycles. The normalized spacial score (nSPS) is 31.8. The van der Waals surface area contributed by atoms with Gasteiger partial charge in [-0.1, -0.05) is 24.6 Å². The Labute approximate surface area is 111 Å². The molecular weight excluding hydrogens is 218 g/mol. The van der Waals surface area contributed by atoms with Gasteiger partial charge in [-0.25, -0.2) is 0 Å². The number of aryl methyl sites for hydroxylation is 2. The topological polar surface area (TPSA) is 12.0 Å². The van der Waals surface area contributed by atoms with Crippen molar-refractivity contribution in [2.75, 3.05) is 0 Å². The van der Waals surface area contributed by atoms with Gasteiger partial charge in [0.05, 0.1) is 0 Å². The first-order valence-corrected chi connectivity index (χ1v) is 7.46. The average Bonchev–Trinajstić information content (AvgIpc) is 2.94. The zero-order valence-corrected chi connectivity index (χ0v) is 11.9. The van der Waals surface area contributed by atoms with E-state index >= 15 is 0 Å². The molecule has 0 aromatic heterocycles. The van der Waals surface area contributed by atoms with E-state index in [2.05, 4.69) is 44.3 Å². The molecule has 0 heterocycles. The van der Waals surface area contributed by atoms with Crippen molar-refractivity contribution in [1.29, 1.82) is 0 Å². The van der Waals surface area contributed by atoms with Crippen LogP contribution >= 0.6 is 0 Å². The lowest BCUT2D eigenvalue weighted by Crippen LogP contribution is -2.35. The minimum Gasteiger partial charge on any atom is -0.307 e. The highest BCUT2D eigenvalue weighted by atomic mass is 15.0. The van der Waals surface area contributed by atoms with Crippen LogP contribution in [0.4, 0.5) is 0 Å². The van der Waals surface area contributed by atoms with Gasteiger partial charge in [-0.15, -0.1) is 0 Å². The number of hydrogen-bond donors (Lipinski definition) is 1. The summed E-state index contributed by atoms with van der Waals surface area (Å²) in [7, 11) is 0. The quantitative estimate of drug-likeness (QED) is 0.841. The zero-order valence-electron chi connectivity index (χ0n) is 11.9. The summed E-state index contributed by atoms with van der Waals surface area (Å²) in [6.07, 6.45) is 5.85. The van der Waals surface area contributed by atoms with E-state index in [-0.39, 0.29) is 0 Å². The van der Waals surface area contributed by atoms with Crippen LogP contribution in [0.3, 0.4) is 0 Å². The lowest BCUT2D eigenvalue weighted by molar-refractivity contribution is 0.327. The van der Waals surface area contributed by atoms with Gasteiger partial charge in [0.1, 0.15) is 0 Å². The number of benzene rings is 1. The molecule has 1 N–H and O–H groups in total. The average molecular weight is 243 g/mol. The third-order valence-electron chi connectivity index (χ3n) is 5.23. The molecule has 3 rings (SSSR count). The summed E-state index contributed by atoms with van der Waals surface area (Å²) in [5, 5.41) is 3.87. The van der Waals surface area contributed by atoms with E-state index in [1.54, 1.807) is 0 Å². The Balaban J connectivity index is 1.67. The molecule has 0 amide bonds. The predicted molar refractivity (Wildman–Crippen MR) is 76.7 cm³/mol. The van der Waals surface area contributed by atoms with E-state index in [9.17, 15) is 0 Å². The van der Waals surface area contributed by atoms with E-state index in [1.807, 2.05) is 0 Å². The largest absolute Gasteiger partial charge is 0.307 e. The number of fused-ring (bicyclic) bond motifs is 2. The molecule has 1 nitrogen and oxygen atoms in total. The fourth-order valence-electron chi connectivity index (χ4n) is 3.90. The highest BCUT2D eigenvalue weighted by Gasteiger charge is 2.39. The SMILES string of the molecule is Cc1ccc(C(C)NC2CC3CCC2C3)cc1C. The van der Waals surface area contributed by atoms with Gasteiger partial charge in [0.15, 0.2) is 0 Å². The van der Waals surface area contributed by atoms with Gasteiger partial charge in [0.25, 0.3) is 0 Å². The molecule has 0 spiro atoms. The van der Waals surface area contributed by atoms with Crippen LogP contribution in [0.15, 0.2) is 18.2 Å². The molecule has 0 saturated heterocycles. The number of rotatable bonds is 3. The van der Waals surface area contributed by atoms with Gasteiger partial charge in [-0.05, 0) is 68.6 Å². The molecule has 2 fully saturated rings. The van der Waals surface area contributed by atoms with Crippen molar-refractivity contribution in [3.8, 4) is 0 Å². The third kappa shape index (κ3) is 2.21. The van der Waals surface area contributed by atoms with E-state index in [0.717, 1.165) is 17.9 Å². The molecule has 2 saturated carbocycles. The van der Waals surface area contributed by atoms with Crippen LogP contribution in [-0.4, -0.2) is 6.04 Å². The summed E-state index contributed by atoms with van der Waals surface area (Å²) >= 11 is 0. The first-order chi connectivity index (χ1) is 8.63. The Morgan fingerprint density at radius 2 is 1.94 bits per heavy atom. The molecular formula is C17H25N. The van der Waals surface area contributed by atoms with Crippen LogP contribution in [0.2, 0.25) is 0 Å².